The number of esters is 1. The van der Waals surface area contributed by atoms with Gasteiger partial charge in [-0.25, -0.2) is 4.79 Å². The van der Waals surface area contributed by atoms with Crippen molar-refractivity contribution in [3.63, 3.8) is 0 Å². The SMILES string of the molecule is COC(=O)c1cnc2c(O)cc3c(c2c1)[C@H](CCl)CN3C(=O)c1cc2ccccc2[nH]1. The lowest BCUT2D eigenvalue weighted by molar-refractivity contribution is 0.0600. The van der Waals surface area contributed by atoms with E-state index < -0.39 is 5.97 Å². The number of phenolic OH excluding ortho intramolecular Hbond substituents is 1. The lowest BCUT2D eigenvalue weighted by Gasteiger charge is -2.17. The van der Waals surface area contributed by atoms with E-state index in [2.05, 4.69) is 9.97 Å². The van der Waals surface area contributed by atoms with Gasteiger partial charge in [0, 0.05) is 46.9 Å². The highest BCUT2D eigenvalue weighted by atomic mass is 35.5. The van der Waals surface area contributed by atoms with Gasteiger partial charge in [0.05, 0.1) is 18.4 Å². The van der Waals surface area contributed by atoms with Crippen molar-refractivity contribution in [2.24, 2.45) is 0 Å². The van der Waals surface area contributed by atoms with Crippen LogP contribution in [0.25, 0.3) is 21.8 Å². The number of aromatic nitrogens is 2. The van der Waals surface area contributed by atoms with Crippen molar-refractivity contribution in [2.45, 2.75) is 5.92 Å². The Morgan fingerprint density at radius 1 is 1.29 bits per heavy atom. The van der Waals surface area contributed by atoms with Crippen LogP contribution in [0.15, 0.2) is 48.7 Å². The van der Waals surface area contributed by atoms with Gasteiger partial charge in [-0.05, 0) is 23.8 Å². The molecule has 0 saturated carbocycles. The number of fused-ring (bicyclic) bond motifs is 4. The van der Waals surface area contributed by atoms with Crippen LogP contribution in [-0.4, -0.2) is 46.5 Å². The number of methoxy groups -OCH3 is 1. The highest BCUT2D eigenvalue weighted by Crippen LogP contribution is 2.45. The fourth-order valence-corrected chi connectivity index (χ4v) is 4.48. The molecule has 5 rings (SSSR count). The van der Waals surface area contributed by atoms with Crippen LogP contribution in [0.3, 0.4) is 0 Å². The summed E-state index contributed by atoms with van der Waals surface area (Å²) in [6.07, 6.45) is 1.36. The van der Waals surface area contributed by atoms with Crippen LogP contribution in [-0.2, 0) is 4.74 Å². The van der Waals surface area contributed by atoms with Crippen molar-refractivity contribution in [2.75, 3.05) is 24.4 Å². The number of halogens is 1. The Kier molecular flexibility index (Phi) is 4.55. The third-order valence-corrected chi connectivity index (χ3v) is 6.06. The van der Waals surface area contributed by atoms with Crippen LogP contribution in [0.4, 0.5) is 5.69 Å². The molecule has 2 aromatic carbocycles. The summed E-state index contributed by atoms with van der Waals surface area (Å²) in [5.74, 6) is -0.734. The molecule has 2 N–H and O–H groups in total. The number of alkyl halides is 1. The Morgan fingerprint density at radius 3 is 2.84 bits per heavy atom. The number of hydrogen-bond donors (Lipinski definition) is 2. The fraction of sp³-hybridized carbons (Fsp3) is 0.174. The summed E-state index contributed by atoms with van der Waals surface area (Å²) < 4.78 is 4.80. The zero-order chi connectivity index (χ0) is 21.7. The number of para-hydroxylation sites is 1. The number of phenols is 1. The molecular formula is C23H18ClN3O4. The highest BCUT2D eigenvalue weighted by Gasteiger charge is 2.36. The van der Waals surface area contributed by atoms with E-state index in [1.165, 1.54) is 19.4 Å². The van der Waals surface area contributed by atoms with Crippen LogP contribution in [0.1, 0.15) is 32.3 Å². The van der Waals surface area contributed by atoms with E-state index >= 15 is 0 Å². The fourth-order valence-electron chi connectivity index (χ4n) is 4.23. The van der Waals surface area contributed by atoms with E-state index in [-0.39, 0.29) is 29.0 Å². The van der Waals surface area contributed by atoms with E-state index in [1.807, 2.05) is 30.3 Å². The minimum absolute atomic E-state index is 0.0742. The predicted octanol–water partition coefficient (Wildman–Crippen LogP) is 4.19. The molecule has 3 heterocycles. The van der Waals surface area contributed by atoms with E-state index in [0.29, 0.717) is 28.8 Å². The molecule has 1 aliphatic rings. The number of nitrogens with zero attached hydrogens (tertiary/aromatic N) is 2. The van der Waals surface area contributed by atoms with Gasteiger partial charge in [-0.1, -0.05) is 18.2 Å². The lowest BCUT2D eigenvalue weighted by Crippen LogP contribution is -2.30. The molecule has 7 nitrogen and oxygen atoms in total. The van der Waals surface area contributed by atoms with Gasteiger partial charge in [0.15, 0.2) is 0 Å². The molecule has 31 heavy (non-hydrogen) atoms. The smallest absolute Gasteiger partial charge is 0.339 e. The molecule has 156 valence electrons. The van der Waals surface area contributed by atoms with Crippen LogP contribution < -0.4 is 4.90 Å². The molecule has 2 aromatic heterocycles. The predicted molar refractivity (Wildman–Crippen MR) is 118 cm³/mol. The number of carbonyl (C=O) groups is 2. The van der Waals surface area contributed by atoms with Crippen LogP contribution in [0.5, 0.6) is 5.75 Å². The number of aromatic amines is 1. The highest BCUT2D eigenvalue weighted by molar-refractivity contribution is 6.19. The number of ether oxygens (including phenoxy) is 1. The summed E-state index contributed by atoms with van der Waals surface area (Å²) in [6.45, 7) is 0.355. The van der Waals surface area contributed by atoms with E-state index in [4.69, 9.17) is 16.3 Å². The summed E-state index contributed by atoms with van der Waals surface area (Å²) >= 11 is 6.27. The van der Waals surface area contributed by atoms with Crippen molar-refractivity contribution < 1.29 is 19.4 Å². The van der Waals surface area contributed by atoms with Gasteiger partial charge in [-0.15, -0.1) is 11.6 Å². The van der Waals surface area contributed by atoms with Crippen molar-refractivity contribution in [3.8, 4) is 5.75 Å². The molecule has 0 fully saturated rings. The van der Waals surface area contributed by atoms with Gasteiger partial charge < -0.3 is 19.7 Å². The van der Waals surface area contributed by atoms with Gasteiger partial charge in [-0.2, -0.15) is 0 Å². The topological polar surface area (TPSA) is 95.5 Å². The number of H-pyrrole nitrogens is 1. The Balaban J connectivity index is 1.66. The maximum atomic E-state index is 13.4. The molecule has 0 radical (unpaired) electrons. The van der Waals surface area contributed by atoms with Gasteiger partial charge in [-0.3, -0.25) is 9.78 Å². The molecule has 0 spiro atoms. The Morgan fingerprint density at radius 2 is 2.10 bits per heavy atom. The zero-order valence-electron chi connectivity index (χ0n) is 16.6. The van der Waals surface area contributed by atoms with Gasteiger partial charge in [0.1, 0.15) is 17.0 Å². The van der Waals surface area contributed by atoms with E-state index in [1.54, 1.807) is 11.0 Å². The third-order valence-electron chi connectivity index (χ3n) is 5.68. The number of pyridine rings is 1. The molecule has 1 atom stereocenters. The Hall–Kier alpha value is -3.58. The minimum Gasteiger partial charge on any atom is -0.506 e. The number of benzene rings is 2. The molecular weight excluding hydrogens is 418 g/mol. The van der Waals surface area contributed by atoms with Crippen molar-refractivity contribution in [3.05, 3.63) is 65.5 Å². The molecule has 0 aliphatic carbocycles. The first kappa shape index (κ1) is 19.4. The average molecular weight is 436 g/mol. The van der Waals surface area contributed by atoms with E-state index in [9.17, 15) is 14.7 Å². The summed E-state index contributed by atoms with van der Waals surface area (Å²) in [5, 5.41) is 12.1. The number of aromatic hydroxyl groups is 1. The van der Waals surface area contributed by atoms with Crippen molar-refractivity contribution in [1.29, 1.82) is 0 Å². The molecule has 1 amide bonds. The normalized spacial score (nSPS) is 15.4. The number of carbonyl (C=O) groups excluding carboxylic acids is 2. The quantitative estimate of drug-likeness (QED) is 0.371. The number of hydrogen-bond acceptors (Lipinski definition) is 5. The number of nitrogens with one attached hydrogen (secondary N) is 1. The molecule has 0 saturated heterocycles. The van der Waals surface area contributed by atoms with Crippen molar-refractivity contribution >= 4 is 51.0 Å². The summed E-state index contributed by atoms with van der Waals surface area (Å²) in [5.41, 5.74) is 3.27. The van der Waals surface area contributed by atoms with Crippen molar-refractivity contribution in [1.82, 2.24) is 9.97 Å². The number of anilines is 1. The van der Waals surface area contributed by atoms with Gasteiger partial charge >= 0.3 is 5.97 Å². The summed E-state index contributed by atoms with van der Waals surface area (Å²) in [7, 11) is 1.29. The second kappa shape index (κ2) is 7.28. The molecule has 4 aromatic rings. The largest absolute Gasteiger partial charge is 0.506 e. The van der Waals surface area contributed by atoms with Crippen LogP contribution in [0, 0.1) is 0 Å². The first-order valence-corrected chi connectivity index (χ1v) is 10.2. The first-order valence-electron chi connectivity index (χ1n) is 9.71. The summed E-state index contributed by atoms with van der Waals surface area (Å²) in [6, 6.07) is 12.6. The van der Waals surface area contributed by atoms with Gasteiger partial charge in [0.25, 0.3) is 5.91 Å². The Labute approximate surface area is 182 Å². The van der Waals surface area contributed by atoms with Crippen LogP contribution in [0.2, 0.25) is 0 Å². The molecule has 1 aliphatic heterocycles. The monoisotopic (exact) mass is 435 g/mol. The second-order valence-corrected chi connectivity index (χ2v) is 7.79. The lowest BCUT2D eigenvalue weighted by atomic mass is 9.97. The second-order valence-electron chi connectivity index (χ2n) is 7.48. The minimum atomic E-state index is -0.530. The number of amides is 1. The maximum absolute atomic E-state index is 13.4. The van der Waals surface area contributed by atoms with E-state index in [0.717, 1.165) is 16.5 Å². The van der Waals surface area contributed by atoms with Gasteiger partial charge in [0.2, 0.25) is 0 Å². The standard InChI is InChI=1S/C23H18ClN3O4/c1-31-23(30)13-6-15-20-14(9-24)11-27(18(20)8-19(28)21(15)25-10-13)22(29)17-7-12-4-2-3-5-16(12)26-17/h2-8,10,14,26,28H,9,11H2,1H3/t14-/m1/s1. The Bertz CT molecular complexity index is 1330. The average Bonchev–Trinajstić information content (AvgIpc) is 3.39. The summed E-state index contributed by atoms with van der Waals surface area (Å²) in [4.78, 5) is 34.4. The zero-order valence-corrected chi connectivity index (χ0v) is 17.3. The third kappa shape index (κ3) is 3.00. The van der Waals surface area contributed by atoms with Crippen LogP contribution >= 0.6 is 11.6 Å². The molecule has 0 unspecified atom stereocenters. The maximum Gasteiger partial charge on any atom is 0.339 e. The first-order chi connectivity index (χ1) is 15.0. The molecule has 0 bridgehead atoms. The molecule has 8 heteroatoms. The number of rotatable bonds is 3.